The van der Waals surface area contributed by atoms with Crippen LogP contribution in [0.4, 0.5) is 0 Å². The number of aromatic amines is 1. The van der Waals surface area contributed by atoms with Gasteiger partial charge in [-0.05, 0) is 30.4 Å². The Kier molecular flexibility index (Phi) is 3.49. The number of rotatable bonds is 5. The van der Waals surface area contributed by atoms with Crippen molar-refractivity contribution in [2.24, 2.45) is 11.7 Å². The van der Waals surface area contributed by atoms with Crippen molar-refractivity contribution in [2.75, 3.05) is 0 Å². The van der Waals surface area contributed by atoms with Crippen LogP contribution >= 0.6 is 0 Å². The lowest BCUT2D eigenvalue weighted by atomic mass is 10.1. The van der Waals surface area contributed by atoms with Gasteiger partial charge in [0.15, 0.2) is 0 Å². The lowest BCUT2D eigenvalue weighted by Gasteiger charge is -2.11. The molecule has 3 rings (SSSR count). The topological polar surface area (TPSA) is 70.9 Å². The van der Waals surface area contributed by atoms with Crippen LogP contribution in [0.5, 0.6) is 0 Å². The highest BCUT2D eigenvalue weighted by Gasteiger charge is 2.37. The Labute approximate surface area is 118 Å². The molecule has 0 spiro atoms. The highest BCUT2D eigenvalue weighted by molar-refractivity contribution is 5.86. The van der Waals surface area contributed by atoms with E-state index < -0.39 is 6.04 Å². The molecule has 0 bridgehead atoms. The highest BCUT2D eigenvalue weighted by Crippen LogP contribution is 2.33. The number of para-hydroxylation sites is 1. The number of hydrogen-bond donors (Lipinski definition) is 3. The molecule has 0 aliphatic heterocycles. The molecule has 0 saturated heterocycles. The van der Waals surface area contributed by atoms with E-state index in [1.807, 2.05) is 24.4 Å². The first-order valence-corrected chi connectivity index (χ1v) is 7.30. The average Bonchev–Trinajstić information content (AvgIpc) is 3.10. The van der Waals surface area contributed by atoms with Gasteiger partial charge in [-0.1, -0.05) is 31.5 Å². The summed E-state index contributed by atoms with van der Waals surface area (Å²) in [4.78, 5) is 15.3. The number of aromatic nitrogens is 1. The first-order chi connectivity index (χ1) is 9.69. The fourth-order valence-corrected chi connectivity index (χ4v) is 2.80. The lowest BCUT2D eigenvalue weighted by molar-refractivity contribution is -0.122. The van der Waals surface area contributed by atoms with Gasteiger partial charge >= 0.3 is 0 Å². The normalized spacial score (nSPS) is 22.7. The lowest BCUT2D eigenvalue weighted by Crippen LogP contribution is -2.43. The molecule has 4 N–H and O–H groups in total. The number of nitrogens with one attached hydrogen (secondary N) is 2. The minimum atomic E-state index is -0.479. The second-order valence-corrected chi connectivity index (χ2v) is 5.69. The molecular weight excluding hydrogens is 250 g/mol. The first kappa shape index (κ1) is 13.2. The van der Waals surface area contributed by atoms with E-state index in [4.69, 9.17) is 5.73 Å². The summed E-state index contributed by atoms with van der Waals surface area (Å²) in [7, 11) is 0. The molecule has 2 aromatic rings. The second kappa shape index (κ2) is 5.29. The highest BCUT2D eigenvalue weighted by atomic mass is 16.2. The van der Waals surface area contributed by atoms with Crippen LogP contribution in [0.25, 0.3) is 10.9 Å². The summed E-state index contributed by atoms with van der Waals surface area (Å²) in [6.07, 6.45) is 4.74. The van der Waals surface area contributed by atoms with E-state index in [0.29, 0.717) is 18.4 Å². The summed E-state index contributed by atoms with van der Waals surface area (Å²) < 4.78 is 0. The molecule has 2 unspecified atom stereocenters. The standard InChI is InChI=1S/C16H21N3O/c1-2-10-8-15(10)19-16(20)13(17)7-11-9-18-14-6-4-3-5-12(11)14/h3-6,9-10,13,15,18H,2,7-8,17H2,1H3,(H,19,20)/t10?,13-,15?/m0/s1. The van der Waals surface area contributed by atoms with Crippen molar-refractivity contribution >= 4 is 16.8 Å². The minimum absolute atomic E-state index is 0.0313. The number of benzene rings is 1. The van der Waals surface area contributed by atoms with Crippen LogP contribution in [0.2, 0.25) is 0 Å². The van der Waals surface area contributed by atoms with Gasteiger partial charge < -0.3 is 16.0 Å². The minimum Gasteiger partial charge on any atom is -0.361 e. The van der Waals surface area contributed by atoms with E-state index in [1.165, 1.54) is 0 Å². The van der Waals surface area contributed by atoms with E-state index in [1.54, 1.807) is 0 Å². The Hall–Kier alpha value is -1.81. The van der Waals surface area contributed by atoms with Gasteiger partial charge in [0.05, 0.1) is 6.04 Å². The molecule has 1 aliphatic carbocycles. The summed E-state index contributed by atoms with van der Waals surface area (Å²) in [5.41, 5.74) is 8.23. The van der Waals surface area contributed by atoms with Crippen molar-refractivity contribution in [3.8, 4) is 0 Å². The summed E-state index contributed by atoms with van der Waals surface area (Å²) in [6.45, 7) is 2.16. The van der Waals surface area contributed by atoms with Crippen molar-refractivity contribution in [3.05, 3.63) is 36.0 Å². The molecule has 1 saturated carbocycles. The maximum atomic E-state index is 12.1. The summed E-state index contributed by atoms with van der Waals surface area (Å²) >= 11 is 0. The number of nitrogens with two attached hydrogens (primary N) is 1. The third kappa shape index (κ3) is 2.56. The third-order valence-corrected chi connectivity index (χ3v) is 4.23. The van der Waals surface area contributed by atoms with E-state index in [9.17, 15) is 4.79 Å². The predicted molar refractivity (Wildman–Crippen MR) is 80.3 cm³/mol. The van der Waals surface area contributed by atoms with Crippen LogP contribution in [0, 0.1) is 5.92 Å². The smallest absolute Gasteiger partial charge is 0.237 e. The van der Waals surface area contributed by atoms with Gasteiger partial charge in [-0.2, -0.15) is 0 Å². The molecular formula is C16H21N3O. The van der Waals surface area contributed by atoms with Crippen LogP contribution in [-0.2, 0) is 11.2 Å². The number of carbonyl (C=O) groups excluding carboxylic acids is 1. The first-order valence-electron chi connectivity index (χ1n) is 7.30. The Morgan fingerprint density at radius 3 is 3.05 bits per heavy atom. The Morgan fingerprint density at radius 1 is 1.50 bits per heavy atom. The van der Waals surface area contributed by atoms with Crippen LogP contribution in [-0.4, -0.2) is 23.0 Å². The molecule has 20 heavy (non-hydrogen) atoms. The zero-order valence-corrected chi connectivity index (χ0v) is 11.7. The zero-order valence-electron chi connectivity index (χ0n) is 11.7. The van der Waals surface area contributed by atoms with E-state index >= 15 is 0 Å². The van der Waals surface area contributed by atoms with Crippen LogP contribution < -0.4 is 11.1 Å². The van der Waals surface area contributed by atoms with Crippen molar-refractivity contribution in [3.63, 3.8) is 0 Å². The Bertz CT molecular complexity index is 619. The van der Waals surface area contributed by atoms with Gasteiger partial charge in [0.2, 0.25) is 5.91 Å². The molecule has 1 heterocycles. The SMILES string of the molecule is CCC1CC1NC(=O)[C@@H](N)Cc1c[nH]c2ccccc12. The number of hydrogen-bond acceptors (Lipinski definition) is 2. The monoisotopic (exact) mass is 271 g/mol. The summed E-state index contributed by atoms with van der Waals surface area (Å²) in [6, 6.07) is 7.95. The molecule has 4 heteroatoms. The quantitative estimate of drug-likeness (QED) is 0.778. The molecule has 1 fully saturated rings. The Balaban J connectivity index is 1.63. The van der Waals surface area contributed by atoms with Gasteiger partial charge in [0.1, 0.15) is 0 Å². The third-order valence-electron chi connectivity index (χ3n) is 4.23. The zero-order chi connectivity index (χ0) is 14.1. The molecule has 106 valence electrons. The molecule has 1 aliphatic rings. The van der Waals surface area contributed by atoms with Gasteiger partial charge in [-0.15, -0.1) is 0 Å². The van der Waals surface area contributed by atoms with Gasteiger partial charge in [0, 0.05) is 23.1 Å². The molecule has 3 atom stereocenters. The van der Waals surface area contributed by atoms with E-state index in [2.05, 4.69) is 23.3 Å². The summed E-state index contributed by atoms with van der Waals surface area (Å²) in [5, 5.41) is 4.19. The molecule has 1 aromatic heterocycles. The molecule has 0 radical (unpaired) electrons. The molecule has 1 amide bonds. The predicted octanol–water partition coefficient (Wildman–Crippen LogP) is 1.95. The van der Waals surface area contributed by atoms with Crippen molar-refractivity contribution < 1.29 is 4.79 Å². The average molecular weight is 271 g/mol. The molecule has 4 nitrogen and oxygen atoms in total. The van der Waals surface area contributed by atoms with Crippen molar-refractivity contribution in [1.29, 1.82) is 0 Å². The van der Waals surface area contributed by atoms with Gasteiger partial charge in [0.25, 0.3) is 0 Å². The van der Waals surface area contributed by atoms with Gasteiger partial charge in [-0.25, -0.2) is 0 Å². The number of carbonyl (C=O) groups is 1. The fourth-order valence-electron chi connectivity index (χ4n) is 2.80. The largest absolute Gasteiger partial charge is 0.361 e. The summed E-state index contributed by atoms with van der Waals surface area (Å²) in [5.74, 6) is 0.621. The molecule has 1 aromatic carbocycles. The van der Waals surface area contributed by atoms with E-state index in [0.717, 1.165) is 29.3 Å². The fraction of sp³-hybridized carbons (Fsp3) is 0.438. The number of amides is 1. The maximum absolute atomic E-state index is 12.1. The Morgan fingerprint density at radius 2 is 2.30 bits per heavy atom. The van der Waals surface area contributed by atoms with Crippen LogP contribution in [0.15, 0.2) is 30.5 Å². The van der Waals surface area contributed by atoms with Crippen LogP contribution in [0.1, 0.15) is 25.3 Å². The maximum Gasteiger partial charge on any atom is 0.237 e. The van der Waals surface area contributed by atoms with Crippen LogP contribution in [0.3, 0.4) is 0 Å². The number of H-pyrrole nitrogens is 1. The second-order valence-electron chi connectivity index (χ2n) is 5.69. The van der Waals surface area contributed by atoms with Crippen molar-refractivity contribution in [2.45, 2.75) is 38.3 Å². The van der Waals surface area contributed by atoms with Crippen molar-refractivity contribution in [1.82, 2.24) is 10.3 Å². The van der Waals surface area contributed by atoms with E-state index in [-0.39, 0.29) is 5.91 Å². The number of fused-ring (bicyclic) bond motifs is 1. The van der Waals surface area contributed by atoms with Gasteiger partial charge in [-0.3, -0.25) is 4.79 Å².